The fourth-order valence-corrected chi connectivity index (χ4v) is 4.74. The number of carbonyl (C=O) groups is 1. The van der Waals surface area contributed by atoms with Crippen molar-refractivity contribution >= 4 is 16.9 Å². The Morgan fingerprint density at radius 2 is 1.97 bits per heavy atom. The molecule has 4 rings (SSSR count). The van der Waals surface area contributed by atoms with Crippen molar-refractivity contribution in [1.82, 2.24) is 14.5 Å². The normalized spacial score (nSPS) is 17.2. The van der Waals surface area contributed by atoms with Gasteiger partial charge in [0.2, 0.25) is 5.91 Å². The van der Waals surface area contributed by atoms with Crippen molar-refractivity contribution in [3.05, 3.63) is 66.0 Å². The molecule has 7 heteroatoms. The van der Waals surface area contributed by atoms with Crippen molar-refractivity contribution in [1.29, 1.82) is 0 Å². The van der Waals surface area contributed by atoms with Crippen LogP contribution in [0.15, 0.2) is 54.6 Å². The first-order valence-corrected chi connectivity index (χ1v) is 12.2. The largest absolute Gasteiger partial charge is 0.385 e. The molecular formula is C27H36N4O3. The number of hydrogen-bond donors (Lipinski definition) is 1. The molecular weight excluding hydrogens is 428 g/mol. The molecule has 2 heterocycles. The topological polar surface area (TPSA) is 82.6 Å². The summed E-state index contributed by atoms with van der Waals surface area (Å²) < 4.78 is 13.3. The van der Waals surface area contributed by atoms with E-state index in [1.165, 1.54) is 0 Å². The van der Waals surface area contributed by atoms with Gasteiger partial charge in [-0.25, -0.2) is 4.98 Å². The van der Waals surface area contributed by atoms with E-state index in [0.717, 1.165) is 54.8 Å². The lowest BCUT2D eigenvalue weighted by molar-refractivity contribution is -0.133. The van der Waals surface area contributed by atoms with Crippen molar-refractivity contribution in [2.45, 2.75) is 50.8 Å². The molecule has 3 aromatic rings. The Morgan fingerprint density at radius 3 is 2.79 bits per heavy atom. The number of fused-ring (bicyclic) bond motifs is 1. The third-order valence-corrected chi connectivity index (χ3v) is 6.43. The number of amides is 1. The van der Waals surface area contributed by atoms with Crippen LogP contribution in [0.5, 0.6) is 0 Å². The second-order valence-corrected chi connectivity index (χ2v) is 9.10. The number of aromatic nitrogens is 2. The van der Waals surface area contributed by atoms with Crippen molar-refractivity contribution in [3.8, 4) is 0 Å². The molecule has 2 atom stereocenters. The minimum absolute atomic E-state index is 0.0996. The van der Waals surface area contributed by atoms with Gasteiger partial charge < -0.3 is 24.7 Å². The molecule has 1 saturated heterocycles. The lowest BCUT2D eigenvalue weighted by atomic mass is 9.96. The van der Waals surface area contributed by atoms with Crippen LogP contribution in [0.4, 0.5) is 0 Å². The second-order valence-electron chi connectivity index (χ2n) is 9.10. The number of rotatable bonds is 11. The van der Waals surface area contributed by atoms with E-state index < -0.39 is 0 Å². The molecule has 34 heavy (non-hydrogen) atoms. The highest BCUT2D eigenvalue weighted by Crippen LogP contribution is 2.30. The minimum atomic E-state index is -0.310. The van der Waals surface area contributed by atoms with Crippen LogP contribution < -0.4 is 5.73 Å². The van der Waals surface area contributed by atoms with Crippen molar-refractivity contribution in [2.24, 2.45) is 5.73 Å². The molecule has 1 amide bonds. The number of likely N-dealkylation sites (tertiary alicyclic amines) is 1. The van der Waals surface area contributed by atoms with E-state index in [2.05, 4.69) is 22.8 Å². The number of ether oxygens (including phenoxy) is 2. The number of imidazole rings is 1. The monoisotopic (exact) mass is 464 g/mol. The first kappa shape index (κ1) is 24.4. The Balaban J connectivity index is 1.35. The third-order valence-electron chi connectivity index (χ3n) is 6.43. The summed E-state index contributed by atoms with van der Waals surface area (Å²) in [6.07, 6.45) is 3.23. The second kappa shape index (κ2) is 12.1. The molecule has 1 fully saturated rings. The van der Waals surface area contributed by atoms with Crippen molar-refractivity contribution < 1.29 is 14.3 Å². The zero-order valence-electron chi connectivity index (χ0n) is 20.1. The van der Waals surface area contributed by atoms with E-state index in [-0.39, 0.29) is 17.9 Å². The van der Waals surface area contributed by atoms with E-state index in [1.807, 2.05) is 41.3 Å². The zero-order valence-corrected chi connectivity index (χ0v) is 20.1. The van der Waals surface area contributed by atoms with Gasteiger partial charge in [-0.2, -0.15) is 0 Å². The Kier molecular flexibility index (Phi) is 8.68. The highest BCUT2D eigenvalue weighted by molar-refractivity contribution is 5.77. The van der Waals surface area contributed by atoms with Gasteiger partial charge in [-0.15, -0.1) is 0 Å². The Bertz CT molecular complexity index is 1050. The van der Waals surface area contributed by atoms with Gasteiger partial charge in [0.25, 0.3) is 0 Å². The first-order valence-electron chi connectivity index (χ1n) is 12.2. The van der Waals surface area contributed by atoms with Gasteiger partial charge in [-0.3, -0.25) is 4.79 Å². The molecule has 0 radical (unpaired) electrons. The molecule has 2 N–H and O–H groups in total. The molecule has 0 saturated carbocycles. The molecule has 1 aliphatic rings. The fourth-order valence-electron chi connectivity index (χ4n) is 4.74. The summed E-state index contributed by atoms with van der Waals surface area (Å²) in [6, 6.07) is 18.0. The summed E-state index contributed by atoms with van der Waals surface area (Å²) in [6.45, 7) is 3.91. The van der Waals surface area contributed by atoms with Gasteiger partial charge in [0.05, 0.1) is 24.2 Å². The number of aryl methyl sites for hydroxylation is 1. The number of carbonyl (C=O) groups excluding carboxylic acids is 1. The average molecular weight is 465 g/mol. The molecule has 1 aliphatic heterocycles. The molecule has 0 bridgehead atoms. The summed E-state index contributed by atoms with van der Waals surface area (Å²) >= 11 is 0. The maximum absolute atomic E-state index is 13.0. The molecule has 0 spiro atoms. The molecule has 2 aromatic carbocycles. The maximum atomic E-state index is 13.0. The van der Waals surface area contributed by atoms with Crippen LogP contribution >= 0.6 is 0 Å². The first-order chi connectivity index (χ1) is 16.7. The molecule has 1 aromatic heterocycles. The number of nitrogens with two attached hydrogens (primary N) is 1. The number of para-hydroxylation sites is 2. The lowest BCUT2D eigenvalue weighted by Gasteiger charge is -2.33. The van der Waals surface area contributed by atoms with Crippen LogP contribution in [0.1, 0.15) is 43.0 Å². The lowest BCUT2D eigenvalue weighted by Crippen LogP contribution is -2.43. The maximum Gasteiger partial charge on any atom is 0.224 e. The number of nitrogens with zero attached hydrogens (tertiary/aromatic N) is 3. The van der Waals surface area contributed by atoms with Crippen LogP contribution in [0, 0.1) is 0 Å². The van der Waals surface area contributed by atoms with Crippen molar-refractivity contribution in [3.63, 3.8) is 0 Å². The van der Waals surface area contributed by atoms with Crippen LogP contribution in [0.25, 0.3) is 11.0 Å². The highest BCUT2D eigenvalue weighted by atomic mass is 16.5. The predicted octanol–water partition coefficient (Wildman–Crippen LogP) is 3.71. The van der Waals surface area contributed by atoms with E-state index in [4.69, 9.17) is 20.2 Å². The fraction of sp³-hybridized carbons (Fsp3) is 0.481. The predicted molar refractivity (Wildman–Crippen MR) is 133 cm³/mol. The third kappa shape index (κ3) is 6.23. The van der Waals surface area contributed by atoms with E-state index >= 15 is 0 Å². The zero-order chi connectivity index (χ0) is 23.8. The van der Waals surface area contributed by atoms with Gasteiger partial charge >= 0.3 is 0 Å². The van der Waals surface area contributed by atoms with Gasteiger partial charge in [-0.1, -0.05) is 42.5 Å². The summed E-state index contributed by atoms with van der Waals surface area (Å²) in [5.41, 5.74) is 9.50. The smallest absolute Gasteiger partial charge is 0.224 e. The molecule has 7 nitrogen and oxygen atoms in total. The number of piperidine rings is 1. The van der Waals surface area contributed by atoms with Gasteiger partial charge in [-0.05, 0) is 37.0 Å². The Labute approximate surface area is 201 Å². The summed E-state index contributed by atoms with van der Waals surface area (Å²) in [5, 5.41) is 0. The highest BCUT2D eigenvalue weighted by Gasteiger charge is 2.29. The standard InChI is InChI=1S/C27H36N4O3/c1-33-16-8-15-31-25-13-6-5-12-24(25)29-27(31)22-11-7-14-30(18-22)26(32)17-23(28)20-34-19-21-9-3-2-4-10-21/h2-6,9-10,12-13,22-23H,7-8,11,14-20,28H2,1H3. The van der Waals surface area contributed by atoms with E-state index in [1.54, 1.807) is 7.11 Å². The Morgan fingerprint density at radius 1 is 1.18 bits per heavy atom. The van der Waals surface area contributed by atoms with Crippen LogP contribution in [0.3, 0.4) is 0 Å². The number of methoxy groups -OCH3 is 1. The van der Waals surface area contributed by atoms with E-state index in [9.17, 15) is 4.79 Å². The van der Waals surface area contributed by atoms with E-state index in [0.29, 0.717) is 32.8 Å². The summed E-state index contributed by atoms with van der Waals surface area (Å²) in [5.74, 6) is 1.39. The van der Waals surface area contributed by atoms with Gasteiger partial charge in [0, 0.05) is 51.7 Å². The number of hydrogen-bond acceptors (Lipinski definition) is 5. The molecule has 0 aliphatic carbocycles. The van der Waals surface area contributed by atoms with Gasteiger partial charge in [0.15, 0.2) is 0 Å². The van der Waals surface area contributed by atoms with Crippen LogP contribution in [0.2, 0.25) is 0 Å². The molecule has 2 unspecified atom stereocenters. The number of benzene rings is 2. The van der Waals surface area contributed by atoms with Crippen LogP contribution in [-0.2, 0) is 27.4 Å². The SMILES string of the molecule is COCCCn1c(C2CCCN(C(=O)CC(N)COCc3ccccc3)C2)nc2ccccc21. The average Bonchev–Trinajstić information content (AvgIpc) is 3.23. The quantitative estimate of drug-likeness (QED) is 0.438. The summed E-state index contributed by atoms with van der Waals surface area (Å²) in [4.78, 5) is 20.0. The summed E-state index contributed by atoms with van der Waals surface area (Å²) in [7, 11) is 1.73. The van der Waals surface area contributed by atoms with Crippen LogP contribution in [-0.4, -0.2) is 59.8 Å². The Hall–Kier alpha value is -2.74. The van der Waals surface area contributed by atoms with Crippen molar-refractivity contribution in [2.75, 3.05) is 33.4 Å². The minimum Gasteiger partial charge on any atom is -0.385 e. The molecule has 182 valence electrons. The van der Waals surface area contributed by atoms with Gasteiger partial charge in [0.1, 0.15) is 5.82 Å².